The van der Waals surface area contributed by atoms with Gasteiger partial charge in [0, 0.05) is 13.2 Å². The lowest BCUT2D eigenvalue weighted by Crippen LogP contribution is -2.94. The fraction of sp³-hybridized carbons (Fsp3) is 0.556. The first kappa shape index (κ1) is 8.59. The van der Waals surface area contributed by atoms with Crippen LogP contribution in [0.2, 0.25) is 0 Å². The molecule has 3 N–H and O–H groups in total. The summed E-state index contributed by atoms with van der Waals surface area (Å²) in [6, 6.07) is 0. The van der Waals surface area contributed by atoms with Crippen LogP contribution in [0.5, 0.6) is 0 Å². The van der Waals surface area contributed by atoms with Crippen LogP contribution in [0.1, 0.15) is 6.92 Å². The third-order valence-corrected chi connectivity index (χ3v) is 2.50. The third kappa shape index (κ3) is 1.68. The van der Waals surface area contributed by atoms with Crippen molar-refractivity contribution in [2.24, 2.45) is 0 Å². The van der Waals surface area contributed by atoms with Gasteiger partial charge in [-0.05, 0) is 13.0 Å². The molecule has 0 aliphatic carbocycles. The Bertz CT molecular complexity index is 254. The quantitative estimate of drug-likeness (QED) is 0.546. The summed E-state index contributed by atoms with van der Waals surface area (Å²) < 4.78 is 5.21. The molecule has 0 spiro atoms. The Morgan fingerprint density at radius 3 is 2.85 bits per heavy atom. The molecule has 2 aliphatic rings. The summed E-state index contributed by atoms with van der Waals surface area (Å²) in [4.78, 5) is 2.30. The van der Waals surface area contributed by atoms with Crippen molar-refractivity contribution in [1.82, 2.24) is 10.3 Å². The number of nitrogens with one attached hydrogen (secondary N) is 1. The number of nitrogens with zero attached hydrogens (tertiary/aromatic N) is 1. The second-order valence-corrected chi connectivity index (χ2v) is 3.49. The number of rotatable bonds is 2. The van der Waals surface area contributed by atoms with Crippen LogP contribution in [0.25, 0.3) is 0 Å². The maximum absolute atomic E-state index is 5.21. The highest BCUT2D eigenvalue weighted by molar-refractivity contribution is 5.14. The molecule has 0 saturated carbocycles. The highest BCUT2D eigenvalue weighted by atomic mass is 16.5. The number of hydrogen-bond donors (Lipinski definition) is 2. The Morgan fingerprint density at radius 2 is 2.31 bits per heavy atom. The zero-order chi connectivity index (χ0) is 9.26. The van der Waals surface area contributed by atoms with Crippen LogP contribution < -0.4 is 10.9 Å². The van der Waals surface area contributed by atoms with Crippen LogP contribution in [0.4, 0.5) is 0 Å². The molecule has 4 nitrogen and oxygen atoms in total. The number of nitrogens with two attached hydrogens (primary N) is 1. The van der Waals surface area contributed by atoms with Crippen molar-refractivity contribution in [3.63, 3.8) is 0 Å². The van der Waals surface area contributed by atoms with E-state index in [1.807, 2.05) is 5.43 Å². The van der Waals surface area contributed by atoms with Crippen molar-refractivity contribution in [1.29, 1.82) is 0 Å². The smallest absolute Gasteiger partial charge is 0.225 e. The first-order valence-electron chi connectivity index (χ1n) is 4.55. The molecule has 72 valence electrons. The number of methoxy groups -OCH3 is 1. The van der Waals surface area contributed by atoms with Crippen molar-refractivity contribution in [3.05, 3.63) is 23.7 Å². The van der Waals surface area contributed by atoms with Gasteiger partial charge < -0.3 is 9.64 Å². The minimum atomic E-state index is 0.418. The van der Waals surface area contributed by atoms with Crippen LogP contribution in [0.15, 0.2) is 23.7 Å². The van der Waals surface area contributed by atoms with Gasteiger partial charge >= 0.3 is 0 Å². The molecule has 0 unspecified atom stereocenters. The second kappa shape index (κ2) is 3.40. The predicted octanol–water partition coefficient (Wildman–Crippen LogP) is -0.856. The second-order valence-electron chi connectivity index (χ2n) is 3.49. The lowest BCUT2D eigenvalue weighted by atomic mass is 10.1. The van der Waals surface area contributed by atoms with Crippen molar-refractivity contribution < 1.29 is 10.2 Å². The first-order chi connectivity index (χ1) is 6.29. The van der Waals surface area contributed by atoms with E-state index in [9.17, 15) is 0 Å². The minimum absolute atomic E-state index is 0.418. The molecule has 0 aromatic heterocycles. The lowest BCUT2D eigenvalue weighted by Gasteiger charge is -2.39. The molecule has 0 amide bonds. The zero-order valence-corrected chi connectivity index (χ0v) is 8.08. The van der Waals surface area contributed by atoms with Crippen LogP contribution in [-0.4, -0.2) is 31.2 Å². The summed E-state index contributed by atoms with van der Waals surface area (Å²) in [5.74, 6) is 1.25. The lowest BCUT2D eigenvalue weighted by molar-refractivity contribution is -0.675. The van der Waals surface area contributed by atoms with E-state index in [1.54, 1.807) is 7.11 Å². The Kier molecular flexibility index (Phi) is 2.24. The Labute approximate surface area is 78.2 Å². The molecule has 1 fully saturated rings. The predicted molar refractivity (Wildman–Crippen MR) is 49.3 cm³/mol. The van der Waals surface area contributed by atoms with E-state index in [1.165, 1.54) is 11.5 Å². The van der Waals surface area contributed by atoms with Gasteiger partial charge in [0.25, 0.3) is 0 Å². The van der Waals surface area contributed by atoms with Gasteiger partial charge in [-0.1, -0.05) is 0 Å². The maximum atomic E-state index is 5.21. The van der Waals surface area contributed by atoms with Crippen molar-refractivity contribution in [3.8, 4) is 0 Å². The molecule has 4 heteroatoms. The number of hydrogen-bond acceptors (Lipinski definition) is 3. The molecule has 2 heterocycles. The summed E-state index contributed by atoms with van der Waals surface area (Å²) >= 11 is 0. The van der Waals surface area contributed by atoms with Gasteiger partial charge in [-0.2, -0.15) is 5.43 Å². The van der Waals surface area contributed by atoms with Crippen LogP contribution in [-0.2, 0) is 4.74 Å². The molecule has 2 aliphatic heterocycles. The largest absolute Gasteiger partial charge is 0.378 e. The fourth-order valence-electron chi connectivity index (χ4n) is 1.49. The van der Waals surface area contributed by atoms with Gasteiger partial charge in [0.05, 0.1) is 24.9 Å². The average molecular weight is 182 g/mol. The molecule has 0 aromatic rings. The summed E-state index contributed by atoms with van der Waals surface area (Å²) in [6.45, 7) is 4.07. The average Bonchev–Trinajstić information content (AvgIpc) is 2.06. The zero-order valence-electron chi connectivity index (χ0n) is 8.08. The highest BCUT2D eigenvalue weighted by Gasteiger charge is 2.30. The molecule has 2 rings (SSSR count). The molecular formula is C9H16N3O+. The van der Waals surface area contributed by atoms with Gasteiger partial charge in [0.15, 0.2) is 0 Å². The van der Waals surface area contributed by atoms with Gasteiger partial charge in [-0.15, -0.1) is 0 Å². The molecule has 13 heavy (non-hydrogen) atoms. The monoisotopic (exact) mass is 182 g/mol. The van der Waals surface area contributed by atoms with E-state index < -0.39 is 0 Å². The molecule has 0 radical (unpaired) electrons. The van der Waals surface area contributed by atoms with Gasteiger partial charge in [-0.3, -0.25) is 0 Å². The Morgan fingerprint density at radius 1 is 1.54 bits per heavy atom. The standard InChI is InChI=1S/C9H15N3O/c1-7-3-4-9(11-10-7)12-5-8(6-12)13-2/h3-4,8,10-11H,5-6H2,1-2H3/p+1. The minimum Gasteiger partial charge on any atom is -0.378 e. The number of likely N-dealkylation sites (tertiary alicyclic amines) is 1. The van der Waals surface area contributed by atoms with Crippen molar-refractivity contribution in [2.75, 3.05) is 20.2 Å². The van der Waals surface area contributed by atoms with Crippen LogP contribution in [0, 0.1) is 0 Å². The summed E-state index contributed by atoms with van der Waals surface area (Å²) in [5.41, 5.74) is 6.43. The maximum Gasteiger partial charge on any atom is 0.225 e. The Hall–Kier alpha value is -1.00. The van der Waals surface area contributed by atoms with Crippen molar-refractivity contribution in [2.45, 2.75) is 13.0 Å². The highest BCUT2D eigenvalue weighted by Crippen LogP contribution is 2.14. The summed E-state index contributed by atoms with van der Waals surface area (Å²) in [6.07, 6.45) is 4.65. The fourth-order valence-corrected chi connectivity index (χ4v) is 1.49. The first-order valence-corrected chi connectivity index (χ1v) is 4.55. The van der Waals surface area contributed by atoms with E-state index in [0.29, 0.717) is 6.10 Å². The summed E-state index contributed by atoms with van der Waals surface area (Å²) in [5, 5.41) is 0. The molecule has 0 atom stereocenters. The third-order valence-electron chi connectivity index (χ3n) is 2.50. The van der Waals surface area contributed by atoms with E-state index in [2.05, 4.69) is 29.4 Å². The summed E-state index contributed by atoms with van der Waals surface area (Å²) in [7, 11) is 1.77. The van der Waals surface area contributed by atoms with Crippen LogP contribution in [0.3, 0.4) is 0 Å². The molecule has 0 bridgehead atoms. The van der Waals surface area contributed by atoms with Crippen LogP contribution >= 0.6 is 0 Å². The molecule has 1 saturated heterocycles. The van der Waals surface area contributed by atoms with E-state index in [4.69, 9.17) is 4.74 Å². The van der Waals surface area contributed by atoms with E-state index >= 15 is 0 Å². The van der Waals surface area contributed by atoms with E-state index in [0.717, 1.165) is 13.1 Å². The van der Waals surface area contributed by atoms with Gasteiger partial charge in [0.1, 0.15) is 0 Å². The van der Waals surface area contributed by atoms with Gasteiger partial charge in [-0.25, -0.2) is 5.43 Å². The topological polar surface area (TPSA) is 41.1 Å². The van der Waals surface area contributed by atoms with E-state index in [-0.39, 0.29) is 0 Å². The number of allylic oxidation sites excluding steroid dienone is 3. The van der Waals surface area contributed by atoms with Crippen molar-refractivity contribution >= 4 is 0 Å². The van der Waals surface area contributed by atoms with Gasteiger partial charge in [0.2, 0.25) is 5.82 Å². The molecular weight excluding hydrogens is 166 g/mol. The Balaban J connectivity index is 1.90. The SMILES string of the molecule is COC1CN(C2=CC=C(C)N[NH2+]2)C1. The number of quaternary nitrogens is 1. The molecule has 0 aromatic carbocycles. The normalized spacial score (nSPS) is 23.1. The number of ether oxygens (including phenoxy) is 1.